The first-order valence-corrected chi connectivity index (χ1v) is 9.02. The van der Waals surface area contributed by atoms with Gasteiger partial charge in [-0.1, -0.05) is 31.0 Å². The number of benzene rings is 2. The predicted octanol–water partition coefficient (Wildman–Crippen LogP) is 4.21. The van der Waals surface area contributed by atoms with Crippen molar-refractivity contribution >= 4 is 17.5 Å². The first kappa shape index (κ1) is 18.0. The first-order chi connectivity index (χ1) is 12.6. The molecule has 1 saturated carbocycles. The maximum absolute atomic E-state index is 12.3. The van der Waals surface area contributed by atoms with E-state index in [0.29, 0.717) is 11.4 Å². The van der Waals surface area contributed by atoms with Crippen molar-refractivity contribution in [3.05, 3.63) is 54.6 Å². The summed E-state index contributed by atoms with van der Waals surface area (Å²) in [7, 11) is 0. The quantitative estimate of drug-likeness (QED) is 0.847. The van der Waals surface area contributed by atoms with E-state index in [-0.39, 0.29) is 24.4 Å². The van der Waals surface area contributed by atoms with Crippen molar-refractivity contribution in [3.63, 3.8) is 0 Å². The van der Waals surface area contributed by atoms with Gasteiger partial charge in [-0.15, -0.1) is 0 Å². The zero-order valence-electron chi connectivity index (χ0n) is 15.0. The Kier molecular flexibility index (Phi) is 5.89. The van der Waals surface area contributed by atoms with Crippen molar-refractivity contribution in [2.24, 2.45) is 0 Å². The number of carbonyl (C=O) groups excluding carboxylic acids is 2. The average Bonchev–Trinajstić information content (AvgIpc) is 3.16. The summed E-state index contributed by atoms with van der Waals surface area (Å²) >= 11 is 0. The summed E-state index contributed by atoms with van der Waals surface area (Å²) in [6.45, 7) is 1.63. The molecular weight excluding hydrogens is 328 g/mol. The number of ether oxygens (including phenoxy) is 1. The topological polar surface area (TPSA) is 58.6 Å². The van der Waals surface area contributed by atoms with Crippen molar-refractivity contribution < 1.29 is 14.3 Å². The molecule has 0 bridgehead atoms. The van der Waals surface area contributed by atoms with E-state index in [0.717, 1.165) is 31.4 Å². The largest absolute Gasteiger partial charge is 0.457 e. The Labute approximate surface area is 154 Å². The van der Waals surface area contributed by atoms with E-state index in [1.807, 2.05) is 42.5 Å². The molecule has 26 heavy (non-hydrogen) atoms. The lowest BCUT2D eigenvalue weighted by Crippen LogP contribution is -2.42. The molecule has 2 amide bonds. The van der Waals surface area contributed by atoms with Crippen LogP contribution in [0.5, 0.6) is 11.5 Å². The van der Waals surface area contributed by atoms with Crippen LogP contribution in [0.25, 0.3) is 0 Å². The molecule has 2 aromatic rings. The van der Waals surface area contributed by atoms with Crippen molar-refractivity contribution in [1.82, 2.24) is 4.90 Å². The number of hydrogen-bond acceptors (Lipinski definition) is 3. The highest BCUT2D eigenvalue weighted by Crippen LogP contribution is 2.24. The van der Waals surface area contributed by atoms with Gasteiger partial charge in [0, 0.05) is 18.7 Å². The van der Waals surface area contributed by atoms with Crippen molar-refractivity contribution in [1.29, 1.82) is 0 Å². The fourth-order valence-corrected chi connectivity index (χ4v) is 3.30. The fourth-order valence-electron chi connectivity index (χ4n) is 3.30. The number of rotatable bonds is 6. The molecule has 0 aromatic heterocycles. The predicted molar refractivity (Wildman–Crippen MR) is 101 cm³/mol. The van der Waals surface area contributed by atoms with E-state index in [9.17, 15) is 9.59 Å². The SMILES string of the molecule is CC(=O)N(CC(=O)Nc1ccc(Oc2ccccc2)cc1)C1CCCC1. The molecule has 5 heteroatoms. The van der Waals surface area contributed by atoms with E-state index < -0.39 is 0 Å². The van der Waals surface area contributed by atoms with Gasteiger partial charge in [-0.25, -0.2) is 0 Å². The summed E-state index contributed by atoms with van der Waals surface area (Å²) in [5.74, 6) is 1.24. The van der Waals surface area contributed by atoms with Gasteiger partial charge in [0.1, 0.15) is 18.0 Å². The van der Waals surface area contributed by atoms with Crippen LogP contribution in [-0.2, 0) is 9.59 Å². The molecule has 2 aromatic carbocycles. The number of anilines is 1. The van der Waals surface area contributed by atoms with E-state index in [1.165, 1.54) is 6.92 Å². The number of nitrogens with one attached hydrogen (secondary N) is 1. The first-order valence-electron chi connectivity index (χ1n) is 9.02. The molecule has 5 nitrogen and oxygen atoms in total. The molecular formula is C21H24N2O3. The Morgan fingerprint density at radius 1 is 1.00 bits per heavy atom. The number of nitrogens with zero attached hydrogens (tertiary/aromatic N) is 1. The third-order valence-corrected chi connectivity index (χ3v) is 4.60. The summed E-state index contributed by atoms with van der Waals surface area (Å²) in [5, 5.41) is 2.85. The zero-order chi connectivity index (χ0) is 18.4. The van der Waals surface area contributed by atoms with E-state index in [1.54, 1.807) is 17.0 Å². The Morgan fingerprint density at radius 2 is 1.62 bits per heavy atom. The standard InChI is InChI=1S/C21H24N2O3/c1-16(24)23(18-7-5-6-8-18)15-21(25)22-17-11-13-20(14-12-17)26-19-9-3-2-4-10-19/h2-4,9-14,18H,5-8,15H2,1H3,(H,22,25). The minimum Gasteiger partial charge on any atom is -0.457 e. The Hall–Kier alpha value is -2.82. The summed E-state index contributed by atoms with van der Waals surface area (Å²) in [6, 6.07) is 16.9. The van der Waals surface area contributed by atoms with Crippen LogP contribution in [0.15, 0.2) is 54.6 Å². The molecule has 0 aliphatic heterocycles. The van der Waals surface area contributed by atoms with Gasteiger partial charge < -0.3 is 15.0 Å². The van der Waals surface area contributed by atoms with Gasteiger partial charge in [-0.05, 0) is 49.2 Å². The molecule has 0 saturated heterocycles. The van der Waals surface area contributed by atoms with Crippen molar-refractivity contribution in [3.8, 4) is 11.5 Å². The van der Waals surface area contributed by atoms with Crippen LogP contribution in [0.1, 0.15) is 32.6 Å². The normalized spacial score (nSPS) is 14.0. The molecule has 0 radical (unpaired) electrons. The molecule has 0 heterocycles. The zero-order valence-corrected chi connectivity index (χ0v) is 15.0. The molecule has 3 rings (SSSR count). The summed E-state index contributed by atoms with van der Waals surface area (Å²) < 4.78 is 5.74. The average molecular weight is 352 g/mol. The van der Waals surface area contributed by atoms with Crippen molar-refractivity contribution in [2.75, 3.05) is 11.9 Å². The van der Waals surface area contributed by atoms with Crippen molar-refractivity contribution in [2.45, 2.75) is 38.6 Å². The second-order valence-electron chi connectivity index (χ2n) is 6.57. The molecule has 0 atom stereocenters. The molecule has 1 fully saturated rings. The highest BCUT2D eigenvalue weighted by atomic mass is 16.5. The molecule has 1 aliphatic rings. The lowest BCUT2D eigenvalue weighted by molar-refractivity contribution is -0.135. The molecule has 136 valence electrons. The summed E-state index contributed by atoms with van der Waals surface area (Å²) in [4.78, 5) is 25.9. The van der Waals surface area contributed by atoms with E-state index in [4.69, 9.17) is 4.74 Å². The van der Waals surface area contributed by atoms with E-state index >= 15 is 0 Å². The van der Waals surface area contributed by atoms with E-state index in [2.05, 4.69) is 5.32 Å². The monoisotopic (exact) mass is 352 g/mol. The molecule has 0 spiro atoms. The third-order valence-electron chi connectivity index (χ3n) is 4.60. The van der Waals surface area contributed by atoms with Gasteiger partial charge in [0.25, 0.3) is 0 Å². The van der Waals surface area contributed by atoms with Crippen LogP contribution in [0.4, 0.5) is 5.69 Å². The highest BCUT2D eigenvalue weighted by Gasteiger charge is 2.26. The van der Waals surface area contributed by atoms with Gasteiger partial charge >= 0.3 is 0 Å². The second kappa shape index (κ2) is 8.52. The number of carbonyl (C=O) groups is 2. The van der Waals surface area contributed by atoms with Crippen LogP contribution in [0.2, 0.25) is 0 Å². The van der Waals surface area contributed by atoms with Gasteiger partial charge in [0.05, 0.1) is 0 Å². The van der Waals surface area contributed by atoms with Crippen LogP contribution >= 0.6 is 0 Å². The smallest absolute Gasteiger partial charge is 0.244 e. The lowest BCUT2D eigenvalue weighted by atomic mass is 10.2. The lowest BCUT2D eigenvalue weighted by Gasteiger charge is -2.27. The number of amides is 2. The fraction of sp³-hybridized carbons (Fsp3) is 0.333. The Bertz CT molecular complexity index is 738. The van der Waals surface area contributed by atoms with Crippen LogP contribution in [-0.4, -0.2) is 29.3 Å². The van der Waals surface area contributed by atoms with Crippen LogP contribution in [0.3, 0.4) is 0 Å². The number of para-hydroxylation sites is 1. The maximum Gasteiger partial charge on any atom is 0.244 e. The molecule has 1 aliphatic carbocycles. The van der Waals surface area contributed by atoms with Gasteiger partial charge in [0.15, 0.2) is 0 Å². The number of hydrogen-bond donors (Lipinski definition) is 1. The second-order valence-corrected chi connectivity index (χ2v) is 6.57. The summed E-state index contributed by atoms with van der Waals surface area (Å²) in [5.41, 5.74) is 0.685. The highest BCUT2D eigenvalue weighted by molar-refractivity contribution is 5.94. The molecule has 1 N–H and O–H groups in total. The van der Waals surface area contributed by atoms with Crippen LogP contribution in [0, 0.1) is 0 Å². The summed E-state index contributed by atoms with van der Waals surface area (Å²) in [6.07, 6.45) is 4.22. The maximum atomic E-state index is 12.3. The van der Waals surface area contributed by atoms with Crippen LogP contribution < -0.4 is 10.1 Å². The third kappa shape index (κ3) is 4.85. The van der Waals surface area contributed by atoms with Gasteiger partial charge in [-0.2, -0.15) is 0 Å². The minimum absolute atomic E-state index is 0.0429. The molecule has 0 unspecified atom stereocenters. The van der Waals surface area contributed by atoms with Gasteiger partial charge in [-0.3, -0.25) is 9.59 Å². The van der Waals surface area contributed by atoms with Gasteiger partial charge in [0.2, 0.25) is 11.8 Å². The Morgan fingerprint density at radius 3 is 2.23 bits per heavy atom. The Balaban J connectivity index is 1.56. The minimum atomic E-state index is -0.177.